The Kier molecular flexibility index (Phi) is 6.26. The third-order valence-electron chi connectivity index (χ3n) is 3.31. The van der Waals surface area contributed by atoms with E-state index in [1.807, 2.05) is 30.4 Å². The van der Waals surface area contributed by atoms with Crippen molar-refractivity contribution >= 4 is 29.3 Å². The van der Waals surface area contributed by atoms with Crippen LogP contribution in [0.4, 0.5) is 20.6 Å². The van der Waals surface area contributed by atoms with Gasteiger partial charge in [0.2, 0.25) is 0 Å². The fraction of sp³-hybridized carbons (Fsp3) is 0.167. The summed E-state index contributed by atoms with van der Waals surface area (Å²) in [5.41, 5.74) is 1.00. The summed E-state index contributed by atoms with van der Waals surface area (Å²) in [6.07, 6.45) is 0. The standard InChI is InChI=1S/C18H18FN3O4/c1-22(2)13-7-5-6-12(10-13)17(24)26-11-16(23)21-18(25)20-15-9-4-3-8-14(15)19/h3-10H,11H2,1-2H3,(H2,20,21,23,25). The van der Waals surface area contributed by atoms with Crippen LogP contribution in [-0.4, -0.2) is 38.6 Å². The average Bonchev–Trinajstić information content (AvgIpc) is 2.61. The number of ether oxygens (including phenoxy) is 1. The van der Waals surface area contributed by atoms with Crippen molar-refractivity contribution in [2.24, 2.45) is 0 Å². The highest BCUT2D eigenvalue weighted by Crippen LogP contribution is 2.14. The number of esters is 1. The van der Waals surface area contributed by atoms with Crippen molar-refractivity contribution in [2.75, 3.05) is 30.9 Å². The molecular formula is C18H18FN3O4. The van der Waals surface area contributed by atoms with Crippen LogP contribution in [0.1, 0.15) is 10.4 Å². The largest absolute Gasteiger partial charge is 0.452 e. The van der Waals surface area contributed by atoms with Gasteiger partial charge in [-0.15, -0.1) is 0 Å². The van der Waals surface area contributed by atoms with Crippen molar-refractivity contribution in [3.63, 3.8) is 0 Å². The molecule has 8 heteroatoms. The fourth-order valence-corrected chi connectivity index (χ4v) is 2.00. The second kappa shape index (κ2) is 8.61. The van der Waals surface area contributed by atoms with Crippen LogP contribution in [0.15, 0.2) is 48.5 Å². The van der Waals surface area contributed by atoms with Gasteiger partial charge >= 0.3 is 12.0 Å². The Hall–Kier alpha value is -3.42. The molecule has 3 amide bonds. The Morgan fingerprint density at radius 3 is 2.50 bits per heavy atom. The minimum atomic E-state index is -0.925. The molecule has 2 N–H and O–H groups in total. The van der Waals surface area contributed by atoms with Crippen LogP contribution in [0.3, 0.4) is 0 Å². The number of nitrogens with zero attached hydrogens (tertiary/aromatic N) is 1. The van der Waals surface area contributed by atoms with Crippen LogP contribution in [0.5, 0.6) is 0 Å². The molecule has 0 aliphatic heterocycles. The molecule has 0 bridgehead atoms. The Bertz CT molecular complexity index is 824. The molecule has 0 aliphatic carbocycles. The first-order chi connectivity index (χ1) is 12.4. The predicted octanol–water partition coefficient (Wildman–Crippen LogP) is 2.40. The minimum Gasteiger partial charge on any atom is -0.452 e. The van der Waals surface area contributed by atoms with Crippen molar-refractivity contribution in [3.05, 3.63) is 59.9 Å². The van der Waals surface area contributed by atoms with Gasteiger partial charge < -0.3 is 15.0 Å². The lowest BCUT2D eigenvalue weighted by molar-refractivity contribution is -0.123. The summed E-state index contributed by atoms with van der Waals surface area (Å²) in [6.45, 7) is -0.643. The van der Waals surface area contributed by atoms with E-state index in [1.54, 1.807) is 18.2 Å². The maximum atomic E-state index is 13.4. The zero-order valence-electron chi connectivity index (χ0n) is 14.3. The molecule has 0 fully saturated rings. The van der Waals surface area contributed by atoms with Gasteiger partial charge in [-0.2, -0.15) is 0 Å². The molecule has 0 aliphatic rings. The Morgan fingerprint density at radius 2 is 1.81 bits per heavy atom. The zero-order valence-corrected chi connectivity index (χ0v) is 14.3. The number of hydrogen-bond donors (Lipinski definition) is 2. The molecule has 0 heterocycles. The van der Waals surface area contributed by atoms with Gasteiger partial charge in [0.1, 0.15) is 5.82 Å². The number of carbonyl (C=O) groups excluding carboxylic acids is 3. The molecule has 2 aromatic carbocycles. The summed E-state index contributed by atoms with van der Waals surface area (Å²) in [6, 6.07) is 11.3. The summed E-state index contributed by atoms with van der Waals surface area (Å²) in [5, 5.41) is 4.14. The minimum absolute atomic E-state index is 0.0738. The number of rotatable bonds is 5. The van der Waals surface area contributed by atoms with E-state index >= 15 is 0 Å². The molecule has 136 valence electrons. The summed E-state index contributed by atoms with van der Waals surface area (Å²) in [7, 11) is 3.65. The lowest BCUT2D eigenvalue weighted by Crippen LogP contribution is -2.37. The number of urea groups is 1. The van der Waals surface area contributed by atoms with Crippen molar-refractivity contribution < 1.29 is 23.5 Å². The lowest BCUT2D eigenvalue weighted by Gasteiger charge is -2.13. The first-order valence-electron chi connectivity index (χ1n) is 7.66. The van der Waals surface area contributed by atoms with E-state index < -0.39 is 30.3 Å². The van der Waals surface area contributed by atoms with E-state index in [0.29, 0.717) is 0 Å². The van der Waals surface area contributed by atoms with Crippen LogP contribution in [0.25, 0.3) is 0 Å². The highest BCUT2D eigenvalue weighted by Gasteiger charge is 2.14. The molecule has 2 rings (SSSR count). The number of amides is 3. The first kappa shape index (κ1) is 18.9. The molecule has 0 unspecified atom stereocenters. The van der Waals surface area contributed by atoms with E-state index in [2.05, 4.69) is 5.32 Å². The predicted molar refractivity (Wildman–Crippen MR) is 94.6 cm³/mol. The third-order valence-corrected chi connectivity index (χ3v) is 3.31. The van der Waals surface area contributed by atoms with Crippen molar-refractivity contribution in [2.45, 2.75) is 0 Å². The van der Waals surface area contributed by atoms with E-state index in [9.17, 15) is 18.8 Å². The molecule has 0 saturated carbocycles. The van der Waals surface area contributed by atoms with Gasteiger partial charge in [-0.1, -0.05) is 18.2 Å². The van der Waals surface area contributed by atoms with Crippen LogP contribution in [-0.2, 0) is 9.53 Å². The highest BCUT2D eigenvalue weighted by atomic mass is 19.1. The average molecular weight is 359 g/mol. The summed E-state index contributed by atoms with van der Waals surface area (Å²) in [4.78, 5) is 37.1. The van der Waals surface area contributed by atoms with Crippen molar-refractivity contribution in [1.82, 2.24) is 5.32 Å². The van der Waals surface area contributed by atoms with Crippen molar-refractivity contribution in [1.29, 1.82) is 0 Å². The number of carbonyl (C=O) groups is 3. The van der Waals surface area contributed by atoms with Gasteiger partial charge in [0, 0.05) is 19.8 Å². The maximum absolute atomic E-state index is 13.4. The second-order valence-corrected chi connectivity index (χ2v) is 5.50. The first-order valence-corrected chi connectivity index (χ1v) is 7.66. The van der Waals surface area contributed by atoms with Crippen LogP contribution >= 0.6 is 0 Å². The summed E-state index contributed by atoms with van der Waals surface area (Å²) >= 11 is 0. The molecule has 26 heavy (non-hydrogen) atoms. The Morgan fingerprint density at radius 1 is 1.08 bits per heavy atom. The van der Waals surface area contributed by atoms with Gasteiger partial charge in [-0.3, -0.25) is 10.1 Å². The topological polar surface area (TPSA) is 87.7 Å². The SMILES string of the molecule is CN(C)c1cccc(C(=O)OCC(=O)NC(=O)Nc2ccccc2F)c1. The molecule has 0 spiro atoms. The number of hydrogen-bond acceptors (Lipinski definition) is 5. The number of imide groups is 1. The maximum Gasteiger partial charge on any atom is 0.338 e. The normalized spacial score (nSPS) is 9.96. The number of anilines is 2. The number of nitrogens with one attached hydrogen (secondary N) is 2. The van der Waals surface area contributed by atoms with Gasteiger partial charge in [-0.25, -0.2) is 14.0 Å². The van der Waals surface area contributed by atoms with Gasteiger partial charge in [0.15, 0.2) is 6.61 Å². The highest BCUT2D eigenvalue weighted by molar-refractivity contribution is 6.02. The van der Waals surface area contributed by atoms with Gasteiger partial charge in [0.05, 0.1) is 11.3 Å². The van der Waals surface area contributed by atoms with E-state index in [-0.39, 0.29) is 11.3 Å². The number of para-hydroxylation sites is 1. The number of halogens is 1. The molecule has 0 radical (unpaired) electrons. The summed E-state index contributed by atoms with van der Waals surface area (Å²) in [5.74, 6) is -2.17. The molecule has 0 saturated heterocycles. The van der Waals surface area contributed by atoms with Gasteiger partial charge in [-0.05, 0) is 30.3 Å². The van der Waals surface area contributed by atoms with E-state index in [0.717, 1.165) is 5.69 Å². The fourth-order valence-electron chi connectivity index (χ4n) is 2.00. The van der Waals surface area contributed by atoms with E-state index in [4.69, 9.17) is 4.74 Å². The molecule has 2 aromatic rings. The lowest BCUT2D eigenvalue weighted by atomic mass is 10.2. The Balaban J connectivity index is 1.84. The monoisotopic (exact) mass is 359 g/mol. The van der Waals surface area contributed by atoms with Crippen LogP contribution in [0, 0.1) is 5.82 Å². The molecule has 7 nitrogen and oxygen atoms in total. The second-order valence-electron chi connectivity index (χ2n) is 5.50. The smallest absolute Gasteiger partial charge is 0.338 e. The van der Waals surface area contributed by atoms with Crippen LogP contribution < -0.4 is 15.5 Å². The summed E-state index contributed by atoms with van der Waals surface area (Å²) < 4.78 is 18.3. The quantitative estimate of drug-likeness (QED) is 0.801. The molecule has 0 atom stereocenters. The molecular weight excluding hydrogens is 341 g/mol. The van der Waals surface area contributed by atoms with E-state index in [1.165, 1.54) is 24.3 Å². The zero-order chi connectivity index (χ0) is 19.1. The van der Waals surface area contributed by atoms with Gasteiger partial charge in [0.25, 0.3) is 5.91 Å². The molecule has 0 aromatic heterocycles. The third kappa shape index (κ3) is 5.30. The Labute approximate surface area is 149 Å². The van der Waals surface area contributed by atoms with Crippen molar-refractivity contribution in [3.8, 4) is 0 Å². The van der Waals surface area contributed by atoms with Crippen LogP contribution in [0.2, 0.25) is 0 Å². The number of benzene rings is 2.